The molecule has 0 fully saturated rings. The molecule has 0 bridgehead atoms. The summed E-state index contributed by atoms with van der Waals surface area (Å²) in [6, 6.07) is 7.45. The summed E-state index contributed by atoms with van der Waals surface area (Å²) >= 11 is 0. The normalized spacial score (nSPS) is 13.5. The second-order valence-corrected chi connectivity index (χ2v) is 8.39. The predicted molar refractivity (Wildman–Crippen MR) is 104 cm³/mol. The van der Waals surface area contributed by atoms with Gasteiger partial charge in [-0.3, -0.25) is 4.79 Å². The molecule has 4 N–H and O–H groups in total. The fourth-order valence-corrected chi connectivity index (χ4v) is 3.92. The number of hydrogen-bond acceptors (Lipinski definition) is 5. The summed E-state index contributed by atoms with van der Waals surface area (Å²) in [6.45, 7) is 0. The van der Waals surface area contributed by atoms with Gasteiger partial charge < -0.3 is 10.5 Å². The first kappa shape index (κ1) is 25.0. The largest absolute Gasteiger partial charge is 0.573 e. The number of ether oxygens (including phenoxy) is 1. The Morgan fingerprint density at radius 1 is 1.06 bits per heavy atom. The van der Waals surface area contributed by atoms with Gasteiger partial charge in [0.25, 0.3) is 0 Å². The molecule has 182 valence electrons. The molecular weight excluding hydrogens is 494 g/mol. The van der Waals surface area contributed by atoms with Crippen molar-refractivity contribution in [3.8, 4) is 11.4 Å². The Balaban J connectivity index is 2.18. The number of nitrogens with zero attached hydrogens (tertiary/aromatic N) is 2. The number of primary sulfonamides is 1. The van der Waals surface area contributed by atoms with E-state index in [9.17, 15) is 39.6 Å². The first-order chi connectivity index (χ1) is 15.6. The Bertz CT molecular complexity index is 1340. The number of carbonyl (C=O) groups is 1. The third-order valence-corrected chi connectivity index (χ3v) is 5.46. The number of benzene rings is 2. The van der Waals surface area contributed by atoms with Crippen LogP contribution in [0.4, 0.5) is 26.3 Å². The minimum Gasteiger partial charge on any atom is -0.405 e. The SMILES string of the molecule is NC(=O)C(c1ccc(-n2cc(C(F)(F)F)cn2)c(S(N)(=O)=O)c1)c1ccccc1OC(F)(F)F. The van der Waals surface area contributed by atoms with Crippen molar-refractivity contribution in [1.29, 1.82) is 0 Å². The van der Waals surface area contributed by atoms with Crippen molar-refractivity contribution < 1.29 is 44.3 Å². The molecule has 0 saturated carbocycles. The second-order valence-electron chi connectivity index (χ2n) is 6.86. The number of hydrogen-bond donors (Lipinski definition) is 2. The second kappa shape index (κ2) is 8.64. The molecule has 0 aliphatic rings. The summed E-state index contributed by atoms with van der Waals surface area (Å²) in [6.07, 6.45) is -8.90. The van der Waals surface area contributed by atoms with Crippen LogP contribution in [-0.2, 0) is 21.0 Å². The van der Waals surface area contributed by atoms with Gasteiger partial charge in [-0.2, -0.15) is 18.3 Å². The minimum atomic E-state index is -5.11. The topological polar surface area (TPSA) is 130 Å². The Labute approximate surface area is 187 Å². The maximum Gasteiger partial charge on any atom is 0.573 e. The Kier molecular flexibility index (Phi) is 6.36. The van der Waals surface area contributed by atoms with Crippen molar-refractivity contribution in [1.82, 2.24) is 9.78 Å². The minimum absolute atomic E-state index is 0.207. The molecule has 0 saturated heterocycles. The van der Waals surface area contributed by atoms with E-state index in [2.05, 4.69) is 9.84 Å². The molecule has 34 heavy (non-hydrogen) atoms. The average molecular weight is 508 g/mol. The van der Waals surface area contributed by atoms with Crippen LogP contribution in [0, 0.1) is 0 Å². The molecule has 1 amide bonds. The standard InChI is InChI=1S/C19H14F6N4O4S/c20-18(21,22)11-8-28-29(9-11)13-6-5-10(7-15(13)34(27,31)32)16(17(26)30)12-3-1-2-4-14(12)33-19(23,24)25/h1-9,16H,(H2,26,30)(H2,27,31,32). The van der Waals surface area contributed by atoms with Crippen LogP contribution >= 0.6 is 0 Å². The van der Waals surface area contributed by atoms with Gasteiger partial charge in [0, 0.05) is 11.8 Å². The van der Waals surface area contributed by atoms with Crippen LogP contribution in [0.3, 0.4) is 0 Å². The average Bonchev–Trinajstić information content (AvgIpc) is 3.18. The van der Waals surface area contributed by atoms with Gasteiger partial charge in [-0.05, 0) is 23.8 Å². The maximum atomic E-state index is 12.9. The number of carbonyl (C=O) groups excluding carboxylic acids is 1. The fourth-order valence-electron chi connectivity index (χ4n) is 3.16. The molecule has 8 nitrogen and oxygen atoms in total. The van der Waals surface area contributed by atoms with Gasteiger partial charge in [0.2, 0.25) is 15.9 Å². The van der Waals surface area contributed by atoms with E-state index in [1.807, 2.05) is 0 Å². The number of rotatable bonds is 6. The van der Waals surface area contributed by atoms with E-state index in [1.165, 1.54) is 12.1 Å². The van der Waals surface area contributed by atoms with Crippen molar-refractivity contribution in [2.45, 2.75) is 23.4 Å². The predicted octanol–water partition coefficient (Wildman–Crippen LogP) is 3.05. The van der Waals surface area contributed by atoms with Crippen LogP contribution in [0.1, 0.15) is 22.6 Å². The molecule has 1 atom stereocenters. The Hall–Kier alpha value is -3.59. The Morgan fingerprint density at radius 3 is 2.24 bits per heavy atom. The summed E-state index contributed by atoms with van der Waals surface area (Å²) < 4.78 is 106. The number of nitrogens with two attached hydrogens (primary N) is 2. The molecule has 0 spiro atoms. The quantitative estimate of drug-likeness (QED) is 0.495. The molecule has 1 aromatic heterocycles. The van der Waals surface area contributed by atoms with Gasteiger partial charge in [0.1, 0.15) is 10.6 Å². The van der Waals surface area contributed by atoms with Crippen LogP contribution in [0.15, 0.2) is 59.8 Å². The highest BCUT2D eigenvalue weighted by Gasteiger charge is 2.35. The zero-order chi connectivity index (χ0) is 25.5. The van der Waals surface area contributed by atoms with E-state index < -0.39 is 56.3 Å². The molecule has 0 aliphatic heterocycles. The lowest BCUT2D eigenvalue weighted by Crippen LogP contribution is -2.25. The van der Waals surface area contributed by atoms with Crippen LogP contribution in [-0.4, -0.2) is 30.5 Å². The number of primary amides is 1. The van der Waals surface area contributed by atoms with E-state index >= 15 is 0 Å². The highest BCUT2D eigenvalue weighted by Crippen LogP contribution is 2.36. The highest BCUT2D eigenvalue weighted by atomic mass is 32.2. The first-order valence-electron chi connectivity index (χ1n) is 9.01. The van der Waals surface area contributed by atoms with Crippen molar-refractivity contribution >= 4 is 15.9 Å². The molecule has 1 heterocycles. The molecule has 3 aromatic rings. The van der Waals surface area contributed by atoms with Gasteiger partial charge in [-0.1, -0.05) is 24.3 Å². The summed E-state index contributed by atoms with van der Waals surface area (Å²) in [5.41, 5.74) is 3.28. The van der Waals surface area contributed by atoms with Crippen molar-refractivity contribution in [2.24, 2.45) is 10.9 Å². The lowest BCUT2D eigenvalue weighted by Gasteiger charge is -2.20. The summed E-state index contributed by atoms with van der Waals surface area (Å²) in [5.74, 6) is -3.55. The van der Waals surface area contributed by atoms with E-state index in [4.69, 9.17) is 10.9 Å². The number of aromatic nitrogens is 2. The van der Waals surface area contributed by atoms with Gasteiger partial charge >= 0.3 is 12.5 Å². The third-order valence-electron chi connectivity index (χ3n) is 4.52. The highest BCUT2D eigenvalue weighted by molar-refractivity contribution is 7.89. The molecule has 3 rings (SSSR count). The third kappa shape index (κ3) is 5.48. The summed E-state index contributed by atoms with van der Waals surface area (Å²) in [5, 5.41) is 8.69. The number of halogens is 6. The smallest absolute Gasteiger partial charge is 0.405 e. The summed E-state index contributed by atoms with van der Waals surface area (Å²) in [7, 11) is -4.62. The number of sulfonamides is 1. The summed E-state index contributed by atoms with van der Waals surface area (Å²) in [4.78, 5) is 11.5. The zero-order valence-corrected chi connectivity index (χ0v) is 17.4. The van der Waals surface area contributed by atoms with E-state index in [0.29, 0.717) is 17.1 Å². The van der Waals surface area contributed by atoms with Gasteiger partial charge in [-0.25, -0.2) is 18.2 Å². The van der Waals surface area contributed by atoms with E-state index in [0.717, 1.165) is 30.3 Å². The molecular formula is C19H14F6N4O4S. The maximum absolute atomic E-state index is 12.9. The Morgan fingerprint density at radius 2 is 1.71 bits per heavy atom. The van der Waals surface area contributed by atoms with Crippen molar-refractivity contribution in [2.75, 3.05) is 0 Å². The van der Waals surface area contributed by atoms with E-state index in [-0.39, 0.29) is 11.1 Å². The zero-order valence-electron chi connectivity index (χ0n) is 16.6. The van der Waals surface area contributed by atoms with E-state index in [1.54, 1.807) is 0 Å². The molecule has 1 unspecified atom stereocenters. The van der Waals surface area contributed by atoms with Crippen LogP contribution in [0.5, 0.6) is 5.75 Å². The monoisotopic (exact) mass is 508 g/mol. The first-order valence-corrected chi connectivity index (χ1v) is 10.6. The van der Waals surface area contributed by atoms with Crippen LogP contribution < -0.4 is 15.6 Å². The molecule has 0 radical (unpaired) electrons. The molecule has 2 aromatic carbocycles. The molecule has 0 aliphatic carbocycles. The van der Waals surface area contributed by atoms with Gasteiger partial charge in [-0.15, -0.1) is 13.2 Å². The van der Waals surface area contributed by atoms with Crippen molar-refractivity contribution in [3.05, 3.63) is 71.5 Å². The van der Waals surface area contributed by atoms with Gasteiger partial charge in [0.15, 0.2) is 0 Å². The number of para-hydroxylation sites is 1. The van der Waals surface area contributed by atoms with Crippen molar-refractivity contribution in [3.63, 3.8) is 0 Å². The van der Waals surface area contributed by atoms with Crippen LogP contribution in [0.2, 0.25) is 0 Å². The fraction of sp³-hybridized carbons (Fsp3) is 0.158. The number of amides is 1. The van der Waals surface area contributed by atoms with Gasteiger partial charge in [0.05, 0.1) is 23.4 Å². The van der Waals surface area contributed by atoms with Crippen LogP contribution in [0.25, 0.3) is 5.69 Å². The molecule has 15 heteroatoms. The lowest BCUT2D eigenvalue weighted by molar-refractivity contribution is -0.275. The lowest BCUT2D eigenvalue weighted by atomic mass is 9.90. The number of alkyl halides is 6.